The second-order valence-corrected chi connectivity index (χ2v) is 11.4. The molecule has 32 heavy (non-hydrogen) atoms. The van der Waals surface area contributed by atoms with Crippen LogP contribution in [0.5, 0.6) is 0 Å². The molecule has 0 unspecified atom stereocenters. The number of rotatable bonds is 24. The third-order valence-electron chi connectivity index (χ3n) is 7.34. The standard InChI is InChI=1S/C30H60O2/c1-6-7-8-9-10-11-12-13-14-15-16-17-18-19-20-21-22-26(2)23-27(3)24-28(4)25-29(5)30(31)32/h26-29H,6-25H2,1-5H3,(H,31,32)/t26-,27-,28-,29-/m1/s1. The van der Waals surface area contributed by atoms with Gasteiger partial charge >= 0.3 is 5.97 Å². The van der Waals surface area contributed by atoms with E-state index in [4.69, 9.17) is 5.11 Å². The van der Waals surface area contributed by atoms with Crippen LogP contribution in [0.4, 0.5) is 0 Å². The molecule has 0 aliphatic heterocycles. The van der Waals surface area contributed by atoms with Crippen molar-refractivity contribution in [2.24, 2.45) is 23.7 Å². The molecule has 192 valence electrons. The Bertz CT molecular complexity index is 406. The van der Waals surface area contributed by atoms with Crippen LogP contribution in [0.25, 0.3) is 0 Å². The zero-order chi connectivity index (χ0) is 24.0. The summed E-state index contributed by atoms with van der Waals surface area (Å²) in [5.41, 5.74) is 0. The number of unbranched alkanes of at least 4 members (excludes halogenated alkanes) is 15. The van der Waals surface area contributed by atoms with E-state index in [0.717, 1.165) is 12.3 Å². The third kappa shape index (κ3) is 21.3. The maximum absolute atomic E-state index is 11.0. The van der Waals surface area contributed by atoms with Gasteiger partial charge in [-0.2, -0.15) is 0 Å². The minimum atomic E-state index is -0.652. The molecule has 0 aromatic carbocycles. The minimum absolute atomic E-state index is 0.209. The van der Waals surface area contributed by atoms with Crippen LogP contribution >= 0.6 is 0 Å². The number of carboxylic acid groups (broad SMARTS) is 1. The summed E-state index contributed by atoms with van der Waals surface area (Å²) < 4.78 is 0. The highest BCUT2D eigenvalue weighted by Gasteiger charge is 2.18. The summed E-state index contributed by atoms with van der Waals surface area (Å²) in [7, 11) is 0. The van der Waals surface area contributed by atoms with E-state index in [2.05, 4.69) is 27.7 Å². The Morgan fingerprint density at radius 1 is 0.531 bits per heavy atom. The monoisotopic (exact) mass is 452 g/mol. The normalized spacial score (nSPS) is 15.4. The van der Waals surface area contributed by atoms with Crippen LogP contribution < -0.4 is 0 Å². The van der Waals surface area contributed by atoms with Crippen LogP contribution in [0.3, 0.4) is 0 Å². The van der Waals surface area contributed by atoms with E-state index in [1.54, 1.807) is 0 Å². The van der Waals surface area contributed by atoms with Gasteiger partial charge in [-0.15, -0.1) is 0 Å². The SMILES string of the molecule is CCCCCCCCCCCCCCCCCC[C@@H](C)C[C@@H](C)C[C@@H](C)C[C@@H](C)C(=O)O. The molecule has 0 aliphatic carbocycles. The maximum Gasteiger partial charge on any atom is 0.306 e. The van der Waals surface area contributed by atoms with Gasteiger partial charge in [-0.1, -0.05) is 144 Å². The molecule has 2 heteroatoms. The predicted molar refractivity (Wildman–Crippen MR) is 142 cm³/mol. The predicted octanol–water partition coefficient (Wildman–Crippen LogP) is 10.4. The molecular weight excluding hydrogens is 392 g/mol. The Morgan fingerprint density at radius 2 is 0.875 bits per heavy atom. The third-order valence-corrected chi connectivity index (χ3v) is 7.34. The van der Waals surface area contributed by atoms with Crippen LogP contribution in [0.2, 0.25) is 0 Å². The van der Waals surface area contributed by atoms with Crippen molar-refractivity contribution in [1.82, 2.24) is 0 Å². The first-order chi connectivity index (χ1) is 15.4. The first-order valence-electron chi connectivity index (χ1n) is 14.6. The van der Waals surface area contributed by atoms with Crippen molar-refractivity contribution in [3.63, 3.8) is 0 Å². The van der Waals surface area contributed by atoms with Crippen molar-refractivity contribution in [3.8, 4) is 0 Å². The topological polar surface area (TPSA) is 37.3 Å². The maximum atomic E-state index is 11.0. The number of aliphatic carboxylic acids is 1. The highest BCUT2D eigenvalue weighted by atomic mass is 16.4. The van der Waals surface area contributed by atoms with Crippen LogP contribution in [0.1, 0.15) is 163 Å². The minimum Gasteiger partial charge on any atom is -0.481 e. The molecule has 0 aliphatic rings. The average molecular weight is 453 g/mol. The summed E-state index contributed by atoms with van der Waals surface area (Å²) in [6.07, 6.45) is 27.6. The molecule has 0 saturated heterocycles. The van der Waals surface area contributed by atoms with Crippen molar-refractivity contribution in [1.29, 1.82) is 0 Å². The number of hydrogen-bond donors (Lipinski definition) is 1. The van der Waals surface area contributed by atoms with Gasteiger partial charge < -0.3 is 5.11 Å². The van der Waals surface area contributed by atoms with Gasteiger partial charge in [0.25, 0.3) is 0 Å². The van der Waals surface area contributed by atoms with Crippen molar-refractivity contribution in [2.45, 2.75) is 163 Å². The molecule has 0 rings (SSSR count). The lowest BCUT2D eigenvalue weighted by Gasteiger charge is -2.21. The molecule has 0 spiro atoms. The first kappa shape index (κ1) is 31.5. The van der Waals surface area contributed by atoms with Crippen LogP contribution in [-0.4, -0.2) is 11.1 Å². The molecular formula is C30H60O2. The highest BCUT2D eigenvalue weighted by Crippen LogP contribution is 2.26. The quantitative estimate of drug-likeness (QED) is 0.148. The van der Waals surface area contributed by atoms with E-state index in [9.17, 15) is 4.79 Å². The molecule has 0 aromatic heterocycles. The first-order valence-corrected chi connectivity index (χ1v) is 14.6. The van der Waals surface area contributed by atoms with Gasteiger partial charge in [-0.3, -0.25) is 4.79 Å². The number of carboxylic acids is 1. The summed E-state index contributed by atoms with van der Waals surface area (Å²) >= 11 is 0. The summed E-state index contributed by atoms with van der Waals surface area (Å²) in [4.78, 5) is 11.0. The molecule has 0 amide bonds. The molecule has 0 fully saturated rings. The number of hydrogen-bond acceptors (Lipinski definition) is 1. The van der Waals surface area contributed by atoms with Gasteiger partial charge in [-0.25, -0.2) is 0 Å². The van der Waals surface area contributed by atoms with E-state index < -0.39 is 5.97 Å². The van der Waals surface area contributed by atoms with Crippen LogP contribution in [-0.2, 0) is 4.79 Å². The Morgan fingerprint density at radius 3 is 1.28 bits per heavy atom. The van der Waals surface area contributed by atoms with Crippen molar-refractivity contribution in [3.05, 3.63) is 0 Å². The molecule has 0 heterocycles. The van der Waals surface area contributed by atoms with Gasteiger partial charge in [0.2, 0.25) is 0 Å². The Kier molecular flexibility index (Phi) is 21.9. The van der Waals surface area contributed by atoms with Gasteiger partial charge in [0.1, 0.15) is 0 Å². The summed E-state index contributed by atoms with van der Waals surface area (Å²) in [5.74, 6) is 1.17. The van der Waals surface area contributed by atoms with E-state index in [1.807, 2.05) is 6.92 Å². The fourth-order valence-electron chi connectivity index (χ4n) is 5.43. The summed E-state index contributed by atoms with van der Waals surface area (Å²) in [5, 5.41) is 9.08. The Hall–Kier alpha value is -0.530. The Balaban J connectivity index is 3.42. The average Bonchev–Trinajstić information content (AvgIpc) is 2.73. The van der Waals surface area contributed by atoms with E-state index in [0.29, 0.717) is 11.8 Å². The fraction of sp³-hybridized carbons (Fsp3) is 0.967. The molecule has 0 bridgehead atoms. The lowest BCUT2D eigenvalue weighted by atomic mass is 9.84. The highest BCUT2D eigenvalue weighted by molar-refractivity contribution is 5.69. The van der Waals surface area contributed by atoms with Gasteiger partial charge in [0, 0.05) is 0 Å². The van der Waals surface area contributed by atoms with Crippen molar-refractivity contribution in [2.75, 3.05) is 0 Å². The van der Waals surface area contributed by atoms with E-state index in [-0.39, 0.29) is 5.92 Å². The largest absolute Gasteiger partial charge is 0.481 e. The van der Waals surface area contributed by atoms with E-state index >= 15 is 0 Å². The van der Waals surface area contributed by atoms with Crippen molar-refractivity contribution >= 4 is 5.97 Å². The zero-order valence-electron chi connectivity index (χ0n) is 22.8. The second kappa shape index (κ2) is 22.3. The van der Waals surface area contributed by atoms with Crippen LogP contribution in [0.15, 0.2) is 0 Å². The van der Waals surface area contributed by atoms with Crippen molar-refractivity contribution < 1.29 is 9.90 Å². The summed E-state index contributed by atoms with van der Waals surface area (Å²) in [6.45, 7) is 11.1. The lowest BCUT2D eigenvalue weighted by molar-refractivity contribution is -0.141. The molecule has 0 saturated carbocycles. The van der Waals surface area contributed by atoms with E-state index in [1.165, 1.54) is 122 Å². The molecule has 0 aromatic rings. The Labute approximate surface area is 202 Å². The molecule has 4 atom stereocenters. The smallest absolute Gasteiger partial charge is 0.306 e. The van der Waals surface area contributed by atoms with Gasteiger partial charge in [0.05, 0.1) is 5.92 Å². The molecule has 0 radical (unpaired) electrons. The lowest BCUT2D eigenvalue weighted by Crippen LogP contribution is -2.15. The number of carbonyl (C=O) groups is 1. The van der Waals surface area contributed by atoms with Gasteiger partial charge in [-0.05, 0) is 37.0 Å². The fourth-order valence-corrected chi connectivity index (χ4v) is 5.43. The summed E-state index contributed by atoms with van der Waals surface area (Å²) in [6, 6.07) is 0. The van der Waals surface area contributed by atoms with Gasteiger partial charge in [0.15, 0.2) is 0 Å². The second-order valence-electron chi connectivity index (χ2n) is 11.4. The zero-order valence-corrected chi connectivity index (χ0v) is 22.8. The molecule has 1 N–H and O–H groups in total. The van der Waals surface area contributed by atoms with Crippen LogP contribution in [0, 0.1) is 23.7 Å². The molecule has 2 nitrogen and oxygen atoms in total.